The Morgan fingerprint density at radius 3 is 2.31 bits per heavy atom. The third-order valence-electron chi connectivity index (χ3n) is 9.50. The maximum Gasteiger partial charge on any atom is 0.407 e. The van der Waals surface area contributed by atoms with Gasteiger partial charge in [-0.05, 0) is 88.4 Å². The smallest absolute Gasteiger partial charge is 0.407 e. The van der Waals surface area contributed by atoms with Crippen LogP contribution in [-0.2, 0) is 5.41 Å². The average molecular weight is 487 g/mol. The molecule has 3 aliphatic rings. The predicted molar refractivity (Wildman–Crippen MR) is 143 cm³/mol. The number of carboxylic acid groups (broad SMARTS) is 1. The predicted octanol–water partition coefficient (Wildman–Crippen LogP) is 5.92. The summed E-state index contributed by atoms with van der Waals surface area (Å²) in [7, 11) is 0. The van der Waals surface area contributed by atoms with Crippen LogP contribution in [0.15, 0.2) is 48.5 Å². The number of carbonyl (C=O) groups is 1. The second-order valence-corrected chi connectivity index (χ2v) is 11.4. The Bertz CT molecular complexity index is 1230. The molecule has 4 heterocycles. The lowest BCUT2D eigenvalue weighted by Gasteiger charge is -2.45. The Morgan fingerprint density at radius 1 is 0.972 bits per heavy atom. The highest BCUT2D eigenvalue weighted by Crippen LogP contribution is 2.45. The van der Waals surface area contributed by atoms with Crippen LogP contribution in [0.4, 0.5) is 4.79 Å². The minimum atomic E-state index is -0.782. The van der Waals surface area contributed by atoms with Crippen molar-refractivity contribution >= 4 is 17.1 Å². The third-order valence-corrected chi connectivity index (χ3v) is 9.50. The quantitative estimate of drug-likeness (QED) is 0.486. The zero-order chi connectivity index (χ0) is 24.9. The number of aryl methyl sites for hydroxylation is 2. The maximum absolute atomic E-state index is 11.6. The molecule has 3 fully saturated rings. The van der Waals surface area contributed by atoms with Crippen molar-refractivity contribution in [3.63, 3.8) is 0 Å². The van der Waals surface area contributed by atoms with Gasteiger partial charge in [-0.3, -0.25) is 4.90 Å². The zero-order valence-electron chi connectivity index (χ0n) is 21.6. The lowest BCUT2D eigenvalue weighted by Crippen LogP contribution is -2.48. The molecule has 2 aromatic carbocycles. The van der Waals surface area contributed by atoms with Crippen molar-refractivity contribution in [3.05, 3.63) is 65.5 Å². The van der Waals surface area contributed by atoms with Crippen LogP contribution in [0.2, 0.25) is 0 Å². The number of rotatable bonds is 5. The number of hydrogen-bond donors (Lipinski definition) is 1. The van der Waals surface area contributed by atoms with E-state index < -0.39 is 6.09 Å². The first-order valence-electron chi connectivity index (χ1n) is 13.7. The first-order valence-corrected chi connectivity index (χ1v) is 13.7. The molecule has 2 bridgehead atoms. The number of likely N-dealkylation sites (tertiary alicyclic amines) is 1. The molecular weight excluding hydrogens is 448 g/mol. The molecule has 1 N–H and O–H groups in total. The van der Waals surface area contributed by atoms with Gasteiger partial charge in [-0.25, -0.2) is 9.78 Å². The van der Waals surface area contributed by atoms with Gasteiger partial charge in [0.1, 0.15) is 5.82 Å². The maximum atomic E-state index is 11.6. The molecule has 1 unspecified atom stereocenters. The van der Waals surface area contributed by atoms with E-state index >= 15 is 0 Å². The molecule has 190 valence electrons. The monoisotopic (exact) mass is 486 g/mol. The molecule has 3 aliphatic heterocycles. The van der Waals surface area contributed by atoms with Gasteiger partial charge < -0.3 is 14.6 Å². The SMILES string of the molecule is Cc1ccc(C2(CCN3[C@@H]4CC[C@H]3CC(n3c(C)nc5ccccc53)C4)CCN(C(=O)O)CC2)cc1. The van der Waals surface area contributed by atoms with Crippen LogP contribution in [-0.4, -0.2) is 62.3 Å². The van der Waals surface area contributed by atoms with Gasteiger partial charge in [-0.2, -0.15) is 0 Å². The molecule has 6 nitrogen and oxygen atoms in total. The van der Waals surface area contributed by atoms with Crippen LogP contribution < -0.4 is 0 Å². The van der Waals surface area contributed by atoms with E-state index in [9.17, 15) is 9.90 Å². The highest BCUT2D eigenvalue weighted by molar-refractivity contribution is 5.76. The highest BCUT2D eigenvalue weighted by atomic mass is 16.4. The van der Waals surface area contributed by atoms with Crippen molar-refractivity contribution in [1.82, 2.24) is 19.4 Å². The number of hydrogen-bond acceptors (Lipinski definition) is 3. The third kappa shape index (κ3) is 4.09. The summed E-state index contributed by atoms with van der Waals surface area (Å²) in [4.78, 5) is 20.8. The van der Waals surface area contributed by atoms with Crippen molar-refractivity contribution in [3.8, 4) is 0 Å². The standard InChI is InChI=1S/C30H38N4O2/c1-21-7-9-23(10-8-21)30(13-16-32(17-14-30)29(35)36)15-18-33-24-11-12-25(33)20-26(19-24)34-22(2)31-27-5-3-4-6-28(27)34/h3-10,24-26H,11-20H2,1-2H3,(H,35,36)/t24-,25+,26?. The van der Waals surface area contributed by atoms with Gasteiger partial charge in [0.25, 0.3) is 0 Å². The van der Waals surface area contributed by atoms with Crippen molar-refractivity contribution < 1.29 is 9.90 Å². The molecule has 0 aliphatic carbocycles. The number of nitrogens with zero attached hydrogens (tertiary/aromatic N) is 4. The van der Waals surface area contributed by atoms with Crippen LogP contribution in [0, 0.1) is 13.8 Å². The van der Waals surface area contributed by atoms with Gasteiger partial charge in [-0.15, -0.1) is 0 Å². The number of para-hydroxylation sites is 2. The molecule has 1 amide bonds. The topological polar surface area (TPSA) is 61.6 Å². The van der Waals surface area contributed by atoms with Crippen molar-refractivity contribution in [2.45, 2.75) is 82.3 Å². The van der Waals surface area contributed by atoms with Crippen LogP contribution in [0.5, 0.6) is 0 Å². The molecule has 0 radical (unpaired) electrons. The fourth-order valence-electron chi connectivity index (χ4n) is 7.51. The molecule has 1 aromatic heterocycles. The van der Waals surface area contributed by atoms with Crippen LogP contribution >= 0.6 is 0 Å². The normalized spacial score (nSPS) is 25.9. The zero-order valence-corrected chi connectivity index (χ0v) is 21.6. The number of fused-ring (bicyclic) bond motifs is 3. The van der Waals surface area contributed by atoms with Crippen LogP contribution in [0.25, 0.3) is 11.0 Å². The Hall–Kier alpha value is -2.86. The molecule has 6 heteroatoms. The molecular formula is C30H38N4O2. The largest absolute Gasteiger partial charge is 0.465 e. The summed E-state index contributed by atoms with van der Waals surface area (Å²) < 4.78 is 2.51. The summed E-state index contributed by atoms with van der Waals surface area (Å²) in [6.07, 6.45) is 7.12. The minimum absolute atomic E-state index is 0.0626. The Morgan fingerprint density at radius 2 is 1.64 bits per heavy atom. The molecule has 3 saturated heterocycles. The minimum Gasteiger partial charge on any atom is -0.465 e. The van der Waals surface area contributed by atoms with E-state index in [1.54, 1.807) is 4.90 Å². The number of amides is 1. The number of piperidine rings is 2. The van der Waals surface area contributed by atoms with Gasteiger partial charge in [0.05, 0.1) is 11.0 Å². The molecule has 3 aromatic rings. The van der Waals surface area contributed by atoms with Crippen LogP contribution in [0.1, 0.15) is 67.9 Å². The molecule has 36 heavy (non-hydrogen) atoms. The average Bonchev–Trinajstić information content (AvgIpc) is 3.34. The van der Waals surface area contributed by atoms with Crippen molar-refractivity contribution in [2.24, 2.45) is 0 Å². The molecule has 3 atom stereocenters. The van der Waals surface area contributed by atoms with Gasteiger partial charge in [0.2, 0.25) is 0 Å². The fourth-order valence-corrected chi connectivity index (χ4v) is 7.51. The highest BCUT2D eigenvalue weighted by Gasteiger charge is 2.44. The summed E-state index contributed by atoms with van der Waals surface area (Å²) in [6.45, 7) is 6.66. The molecule has 0 spiro atoms. The molecule has 6 rings (SSSR count). The van der Waals surface area contributed by atoms with Gasteiger partial charge in [0, 0.05) is 31.2 Å². The van der Waals surface area contributed by atoms with Crippen LogP contribution in [0.3, 0.4) is 0 Å². The van der Waals surface area contributed by atoms with E-state index in [4.69, 9.17) is 4.98 Å². The van der Waals surface area contributed by atoms with E-state index in [1.807, 2.05) is 0 Å². The van der Waals surface area contributed by atoms with E-state index in [-0.39, 0.29) is 5.41 Å². The van der Waals surface area contributed by atoms with Gasteiger partial charge in [0.15, 0.2) is 0 Å². The molecule has 0 saturated carbocycles. The van der Waals surface area contributed by atoms with Crippen molar-refractivity contribution in [1.29, 1.82) is 0 Å². The Labute approximate surface area is 213 Å². The second-order valence-electron chi connectivity index (χ2n) is 11.4. The summed E-state index contributed by atoms with van der Waals surface area (Å²) in [5, 5.41) is 9.53. The van der Waals surface area contributed by atoms with E-state index in [1.165, 1.54) is 42.3 Å². The number of aromatic nitrogens is 2. The van der Waals surface area contributed by atoms with Crippen molar-refractivity contribution in [2.75, 3.05) is 19.6 Å². The van der Waals surface area contributed by atoms with E-state index in [0.717, 1.165) is 37.1 Å². The summed E-state index contributed by atoms with van der Waals surface area (Å²) >= 11 is 0. The Balaban J connectivity index is 1.20. The van der Waals surface area contributed by atoms with Gasteiger partial charge in [-0.1, -0.05) is 42.0 Å². The lowest BCUT2D eigenvalue weighted by molar-refractivity contribution is 0.0800. The van der Waals surface area contributed by atoms with E-state index in [2.05, 4.69) is 71.8 Å². The summed E-state index contributed by atoms with van der Waals surface area (Å²) in [5.74, 6) is 1.14. The second kappa shape index (κ2) is 9.22. The first-order chi connectivity index (χ1) is 17.4. The number of benzene rings is 2. The van der Waals surface area contributed by atoms with Gasteiger partial charge >= 0.3 is 6.09 Å². The summed E-state index contributed by atoms with van der Waals surface area (Å²) in [5.41, 5.74) is 5.11. The van der Waals surface area contributed by atoms with E-state index in [0.29, 0.717) is 31.2 Å². The summed E-state index contributed by atoms with van der Waals surface area (Å²) in [6, 6.07) is 19.4. The first kappa shape index (κ1) is 23.5. The lowest BCUT2D eigenvalue weighted by atomic mass is 9.70. The number of imidazole rings is 1. The fraction of sp³-hybridized carbons (Fsp3) is 0.533. The Kier molecular flexibility index (Phi) is 6.03.